The Labute approximate surface area is 152 Å². The van der Waals surface area contributed by atoms with Gasteiger partial charge in [0.05, 0.1) is 0 Å². The van der Waals surface area contributed by atoms with Crippen LogP contribution in [0.1, 0.15) is 15.9 Å². The predicted octanol–water partition coefficient (Wildman–Crippen LogP) is 5.21. The number of carbonyl (C=O) groups excluding carboxylic acids is 1. The maximum Gasteiger partial charge on any atom is 0.255 e. The van der Waals surface area contributed by atoms with E-state index < -0.39 is 0 Å². The summed E-state index contributed by atoms with van der Waals surface area (Å²) in [6.07, 6.45) is 0. The Hall–Kier alpha value is -2.72. The number of anilines is 1. The second kappa shape index (κ2) is 8.94. The molecule has 1 amide bonds. The fourth-order valence-electron chi connectivity index (χ4n) is 2.27. The summed E-state index contributed by atoms with van der Waals surface area (Å²) in [6, 6.07) is 26.9. The minimum atomic E-state index is -0.118. The molecule has 0 aromatic heterocycles. The maximum atomic E-state index is 12.1. The fourth-order valence-corrected chi connectivity index (χ4v) is 3.00. The molecule has 0 bridgehead atoms. The summed E-state index contributed by atoms with van der Waals surface area (Å²) in [4.78, 5) is 12.1. The van der Waals surface area contributed by atoms with Crippen LogP contribution < -0.4 is 10.1 Å². The Kier molecular flexibility index (Phi) is 6.12. The molecule has 0 spiro atoms. The van der Waals surface area contributed by atoms with Gasteiger partial charge in [0.2, 0.25) is 0 Å². The summed E-state index contributed by atoms with van der Waals surface area (Å²) in [7, 11) is 0. The van der Waals surface area contributed by atoms with Crippen LogP contribution in [0, 0.1) is 0 Å². The third-order valence-electron chi connectivity index (χ3n) is 3.57. The van der Waals surface area contributed by atoms with Crippen LogP contribution in [0.5, 0.6) is 5.75 Å². The van der Waals surface area contributed by atoms with E-state index in [0.717, 1.165) is 17.2 Å². The largest absolute Gasteiger partial charge is 0.483 e. The minimum absolute atomic E-state index is 0.118. The highest BCUT2D eigenvalue weighted by Gasteiger charge is 2.05. The number of ether oxygens (including phenoxy) is 1. The molecule has 3 aromatic rings. The van der Waals surface area contributed by atoms with Gasteiger partial charge in [0.25, 0.3) is 5.91 Å². The standard InChI is InChI=1S/C21H19NO2S/c23-21(18-9-5-2-6-10-18)22-19-11-13-20(14-12-19)24-16-25-15-17-7-3-1-4-8-17/h1-14H,15-16H2,(H,22,23). The Morgan fingerprint density at radius 1 is 0.840 bits per heavy atom. The van der Waals surface area contributed by atoms with Gasteiger partial charge in [0.1, 0.15) is 11.7 Å². The number of benzene rings is 3. The molecule has 1 N–H and O–H groups in total. The van der Waals surface area contributed by atoms with E-state index in [1.165, 1.54) is 5.56 Å². The Morgan fingerprint density at radius 3 is 2.16 bits per heavy atom. The molecule has 4 heteroatoms. The summed E-state index contributed by atoms with van der Waals surface area (Å²) in [5.74, 6) is 2.18. The first-order valence-electron chi connectivity index (χ1n) is 8.02. The Balaban J connectivity index is 1.45. The van der Waals surface area contributed by atoms with Crippen molar-refractivity contribution in [2.45, 2.75) is 5.75 Å². The summed E-state index contributed by atoms with van der Waals surface area (Å²) >= 11 is 1.72. The molecule has 3 nitrogen and oxygen atoms in total. The molecule has 0 fully saturated rings. The van der Waals surface area contributed by atoms with Crippen molar-refractivity contribution < 1.29 is 9.53 Å². The van der Waals surface area contributed by atoms with E-state index in [1.807, 2.05) is 60.7 Å². The van der Waals surface area contributed by atoms with Gasteiger partial charge < -0.3 is 10.1 Å². The smallest absolute Gasteiger partial charge is 0.255 e. The van der Waals surface area contributed by atoms with E-state index >= 15 is 0 Å². The molecule has 126 valence electrons. The van der Waals surface area contributed by atoms with Crippen LogP contribution in [0.2, 0.25) is 0 Å². The fraction of sp³-hybridized carbons (Fsp3) is 0.0952. The van der Waals surface area contributed by atoms with Crippen molar-refractivity contribution in [1.82, 2.24) is 0 Å². The average Bonchev–Trinajstić information content (AvgIpc) is 2.68. The first-order chi connectivity index (χ1) is 12.3. The molecule has 0 aliphatic rings. The van der Waals surface area contributed by atoms with E-state index in [0.29, 0.717) is 11.5 Å². The molecule has 0 atom stereocenters. The number of amides is 1. The summed E-state index contributed by atoms with van der Waals surface area (Å²) in [5, 5.41) is 2.87. The highest BCUT2D eigenvalue weighted by Crippen LogP contribution is 2.19. The van der Waals surface area contributed by atoms with Crippen LogP contribution in [0.3, 0.4) is 0 Å². The van der Waals surface area contributed by atoms with Gasteiger partial charge in [0.15, 0.2) is 0 Å². The molecule has 0 saturated carbocycles. The molecule has 0 aliphatic carbocycles. The Bertz CT molecular complexity index is 789. The molecule has 3 rings (SSSR count). The predicted molar refractivity (Wildman–Crippen MR) is 104 cm³/mol. The highest BCUT2D eigenvalue weighted by atomic mass is 32.2. The highest BCUT2D eigenvalue weighted by molar-refractivity contribution is 7.98. The van der Waals surface area contributed by atoms with Gasteiger partial charge in [-0.1, -0.05) is 48.5 Å². The molecular weight excluding hydrogens is 330 g/mol. The SMILES string of the molecule is O=C(Nc1ccc(OCSCc2ccccc2)cc1)c1ccccc1. The van der Waals surface area contributed by atoms with Crippen molar-refractivity contribution in [3.05, 3.63) is 96.1 Å². The number of hydrogen-bond donors (Lipinski definition) is 1. The van der Waals surface area contributed by atoms with Crippen molar-refractivity contribution in [3.63, 3.8) is 0 Å². The quantitative estimate of drug-likeness (QED) is 0.470. The van der Waals surface area contributed by atoms with Crippen molar-refractivity contribution in [1.29, 1.82) is 0 Å². The molecule has 0 unspecified atom stereocenters. The average molecular weight is 349 g/mol. The minimum Gasteiger partial charge on any atom is -0.483 e. The lowest BCUT2D eigenvalue weighted by Crippen LogP contribution is -2.11. The van der Waals surface area contributed by atoms with Gasteiger partial charge in [-0.3, -0.25) is 4.79 Å². The molecule has 0 aliphatic heterocycles. The zero-order valence-corrected chi connectivity index (χ0v) is 14.5. The van der Waals surface area contributed by atoms with Crippen LogP contribution in [0.15, 0.2) is 84.9 Å². The molecule has 0 heterocycles. The van der Waals surface area contributed by atoms with Crippen LogP contribution >= 0.6 is 11.8 Å². The zero-order chi connectivity index (χ0) is 17.3. The number of thioether (sulfide) groups is 1. The van der Waals surface area contributed by atoms with Crippen molar-refractivity contribution in [3.8, 4) is 5.75 Å². The van der Waals surface area contributed by atoms with E-state index in [9.17, 15) is 4.79 Å². The van der Waals surface area contributed by atoms with Gasteiger partial charge in [-0.05, 0) is 42.0 Å². The van der Waals surface area contributed by atoms with E-state index in [4.69, 9.17) is 4.74 Å². The van der Waals surface area contributed by atoms with Gasteiger partial charge in [0, 0.05) is 17.0 Å². The Morgan fingerprint density at radius 2 is 1.48 bits per heavy atom. The van der Waals surface area contributed by atoms with E-state index in [-0.39, 0.29) is 5.91 Å². The second-order valence-corrected chi connectivity index (χ2v) is 6.37. The lowest BCUT2D eigenvalue weighted by atomic mass is 10.2. The van der Waals surface area contributed by atoms with Crippen LogP contribution in [0.25, 0.3) is 0 Å². The first-order valence-corrected chi connectivity index (χ1v) is 9.18. The molecule has 3 aromatic carbocycles. The molecule has 25 heavy (non-hydrogen) atoms. The monoisotopic (exact) mass is 349 g/mol. The van der Waals surface area contributed by atoms with Crippen LogP contribution in [-0.4, -0.2) is 11.8 Å². The summed E-state index contributed by atoms with van der Waals surface area (Å²) in [5.41, 5.74) is 2.67. The van der Waals surface area contributed by atoms with Crippen LogP contribution in [0.4, 0.5) is 5.69 Å². The maximum absolute atomic E-state index is 12.1. The van der Waals surface area contributed by atoms with Crippen LogP contribution in [-0.2, 0) is 5.75 Å². The van der Waals surface area contributed by atoms with Gasteiger partial charge in [-0.15, -0.1) is 11.8 Å². The topological polar surface area (TPSA) is 38.3 Å². The lowest BCUT2D eigenvalue weighted by molar-refractivity contribution is 0.102. The van der Waals surface area contributed by atoms with Crippen molar-refractivity contribution in [2.75, 3.05) is 11.3 Å². The van der Waals surface area contributed by atoms with Gasteiger partial charge in [-0.2, -0.15) is 0 Å². The molecule has 0 saturated heterocycles. The zero-order valence-electron chi connectivity index (χ0n) is 13.7. The number of hydrogen-bond acceptors (Lipinski definition) is 3. The van der Waals surface area contributed by atoms with Crippen molar-refractivity contribution in [2.24, 2.45) is 0 Å². The van der Waals surface area contributed by atoms with Gasteiger partial charge >= 0.3 is 0 Å². The third kappa shape index (κ3) is 5.40. The number of rotatable bonds is 7. The molecule has 0 radical (unpaired) electrons. The summed E-state index contributed by atoms with van der Waals surface area (Å²) in [6.45, 7) is 0. The van der Waals surface area contributed by atoms with Crippen molar-refractivity contribution >= 4 is 23.4 Å². The normalized spacial score (nSPS) is 10.2. The lowest BCUT2D eigenvalue weighted by Gasteiger charge is -2.08. The van der Waals surface area contributed by atoms with E-state index in [2.05, 4.69) is 17.4 Å². The first kappa shape index (κ1) is 17.1. The number of nitrogens with one attached hydrogen (secondary N) is 1. The van der Waals surface area contributed by atoms with Gasteiger partial charge in [-0.25, -0.2) is 0 Å². The second-order valence-electron chi connectivity index (χ2n) is 5.44. The number of carbonyl (C=O) groups is 1. The molecular formula is C21H19NO2S. The van der Waals surface area contributed by atoms with E-state index in [1.54, 1.807) is 23.9 Å². The third-order valence-corrected chi connectivity index (χ3v) is 4.39. The summed E-state index contributed by atoms with van der Waals surface area (Å²) < 4.78 is 5.72.